The second kappa shape index (κ2) is 7.34. The van der Waals surface area contributed by atoms with Gasteiger partial charge in [-0.3, -0.25) is 4.90 Å². The van der Waals surface area contributed by atoms with E-state index in [0.717, 1.165) is 18.7 Å². The van der Waals surface area contributed by atoms with Crippen molar-refractivity contribution < 1.29 is 9.53 Å². The Morgan fingerprint density at radius 1 is 1.24 bits per heavy atom. The summed E-state index contributed by atoms with van der Waals surface area (Å²) in [5.41, 5.74) is 1.10. The van der Waals surface area contributed by atoms with Gasteiger partial charge in [0, 0.05) is 39.3 Å². The van der Waals surface area contributed by atoms with Gasteiger partial charge in [0.2, 0.25) is 0 Å². The van der Waals surface area contributed by atoms with Crippen molar-refractivity contribution in [1.82, 2.24) is 15.1 Å². The fraction of sp³-hybridized carbons (Fsp3) is 0.650. The third kappa shape index (κ3) is 3.40. The topological polar surface area (TPSA) is 44.8 Å². The lowest BCUT2D eigenvalue weighted by atomic mass is 9.90. The molecule has 2 amide bonds. The van der Waals surface area contributed by atoms with Crippen LogP contribution in [-0.4, -0.2) is 61.7 Å². The van der Waals surface area contributed by atoms with Crippen molar-refractivity contribution >= 4 is 6.03 Å². The Balaban J connectivity index is 1.31. The summed E-state index contributed by atoms with van der Waals surface area (Å²) in [6.45, 7) is 4.79. The van der Waals surface area contributed by atoms with Crippen molar-refractivity contribution in [1.29, 1.82) is 0 Å². The third-order valence-corrected chi connectivity index (χ3v) is 6.30. The first-order chi connectivity index (χ1) is 12.3. The van der Waals surface area contributed by atoms with Crippen LogP contribution >= 0.6 is 0 Å². The van der Waals surface area contributed by atoms with Gasteiger partial charge in [-0.1, -0.05) is 36.8 Å². The lowest BCUT2D eigenvalue weighted by molar-refractivity contribution is 0.101. The molecule has 3 fully saturated rings. The van der Waals surface area contributed by atoms with E-state index in [9.17, 15) is 4.79 Å². The number of ether oxygens (including phenoxy) is 1. The summed E-state index contributed by atoms with van der Waals surface area (Å²) in [4.78, 5) is 17.3. The second-order valence-electron chi connectivity index (χ2n) is 7.71. The predicted octanol–water partition coefficient (Wildman–Crippen LogP) is 2.50. The van der Waals surface area contributed by atoms with E-state index in [4.69, 9.17) is 4.74 Å². The number of carbonyl (C=O) groups excluding carboxylic acids is 1. The van der Waals surface area contributed by atoms with Crippen LogP contribution in [0.15, 0.2) is 30.3 Å². The lowest BCUT2D eigenvalue weighted by Crippen LogP contribution is -2.44. The smallest absolute Gasteiger partial charge is 0.317 e. The van der Waals surface area contributed by atoms with E-state index in [0.29, 0.717) is 24.4 Å². The van der Waals surface area contributed by atoms with Crippen molar-refractivity contribution in [2.75, 3.05) is 39.8 Å². The minimum Gasteiger partial charge on any atom is -0.375 e. The van der Waals surface area contributed by atoms with Crippen LogP contribution in [-0.2, 0) is 4.74 Å². The quantitative estimate of drug-likeness (QED) is 0.914. The summed E-state index contributed by atoms with van der Waals surface area (Å²) < 4.78 is 5.55. The number of piperidine rings is 1. The maximum Gasteiger partial charge on any atom is 0.317 e. The molecule has 5 nitrogen and oxygen atoms in total. The van der Waals surface area contributed by atoms with Crippen molar-refractivity contribution in [3.8, 4) is 0 Å². The van der Waals surface area contributed by atoms with E-state index in [1.165, 1.54) is 32.4 Å². The lowest BCUT2D eigenvalue weighted by Gasteiger charge is -2.33. The zero-order valence-corrected chi connectivity index (χ0v) is 15.1. The molecule has 3 aliphatic rings. The first-order valence-corrected chi connectivity index (χ1v) is 9.61. The van der Waals surface area contributed by atoms with Crippen LogP contribution in [0.1, 0.15) is 30.9 Å². The molecule has 0 spiro atoms. The van der Waals surface area contributed by atoms with E-state index in [1.54, 1.807) is 7.11 Å². The first-order valence-electron chi connectivity index (χ1n) is 9.61. The molecule has 1 N–H and O–H groups in total. The molecule has 1 aromatic rings. The van der Waals surface area contributed by atoms with Gasteiger partial charge in [0.1, 0.15) is 0 Å². The standard InChI is InChI=1S/C20H29N3O2/c1-25-19(15-7-3-2-4-8-15)11-21-20(24)23-13-16-12-22-10-6-5-9-18(22)17(16)14-23/h2-4,7-8,16-19H,5-6,9-14H2,1H3,(H,21,24). The first kappa shape index (κ1) is 16.9. The predicted molar refractivity (Wildman–Crippen MR) is 97.4 cm³/mol. The number of benzene rings is 1. The van der Waals surface area contributed by atoms with E-state index in [1.807, 2.05) is 35.2 Å². The number of carbonyl (C=O) groups is 1. The van der Waals surface area contributed by atoms with Gasteiger partial charge in [-0.2, -0.15) is 0 Å². The molecule has 4 unspecified atom stereocenters. The summed E-state index contributed by atoms with van der Waals surface area (Å²) in [5.74, 6) is 1.35. The summed E-state index contributed by atoms with van der Waals surface area (Å²) in [7, 11) is 1.70. The normalized spacial score (nSPS) is 30.0. The highest BCUT2D eigenvalue weighted by atomic mass is 16.5. The van der Waals surface area contributed by atoms with E-state index < -0.39 is 0 Å². The van der Waals surface area contributed by atoms with Crippen LogP contribution in [0.5, 0.6) is 0 Å². The molecule has 0 aromatic heterocycles. The number of hydrogen-bond acceptors (Lipinski definition) is 3. The van der Waals surface area contributed by atoms with Crippen molar-refractivity contribution in [3.05, 3.63) is 35.9 Å². The summed E-state index contributed by atoms with van der Waals surface area (Å²) in [6, 6.07) is 10.9. The van der Waals surface area contributed by atoms with Crippen LogP contribution in [0.4, 0.5) is 4.79 Å². The van der Waals surface area contributed by atoms with Crippen LogP contribution < -0.4 is 5.32 Å². The molecule has 136 valence electrons. The minimum absolute atomic E-state index is 0.0646. The van der Waals surface area contributed by atoms with Crippen LogP contribution in [0.25, 0.3) is 0 Å². The molecule has 5 heteroatoms. The molecule has 3 heterocycles. The molecule has 4 atom stereocenters. The molecule has 0 bridgehead atoms. The maximum absolute atomic E-state index is 12.6. The Hall–Kier alpha value is -1.59. The molecule has 0 aliphatic carbocycles. The minimum atomic E-state index is -0.0962. The molecule has 0 radical (unpaired) electrons. The molecule has 4 rings (SSSR count). The highest BCUT2D eigenvalue weighted by Gasteiger charge is 2.48. The molecular weight excluding hydrogens is 314 g/mol. The number of amides is 2. The molecule has 0 saturated carbocycles. The number of fused-ring (bicyclic) bond motifs is 3. The highest BCUT2D eigenvalue weighted by molar-refractivity contribution is 5.74. The van der Waals surface area contributed by atoms with Crippen LogP contribution in [0, 0.1) is 11.8 Å². The van der Waals surface area contributed by atoms with Gasteiger partial charge in [-0.25, -0.2) is 4.79 Å². The second-order valence-corrected chi connectivity index (χ2v) is 7.71. The molecule has 3 aliphatic heterocycles. The number of hydrogen-bond donors (Lipinski definition) is 1. The van der Waals surface area contributed by atoms with Gasteiger partial charge >= 0.3 is 6.03 Å². The largest absolute Gasteiger partial charge is 0.375 e. The van der Waals surface area contributed by atoms with Crippen molar-refractivity contribution in [3.63, 3.8) is 0 Å². The highest BCUT2D eigenvalue weighted by Crippen LogP contribution is 2.40. The maximum atomic E-state index is 12.6. The van der Waals surface area contributed by atoms with Crippen molar-refractivity contribution in [2.45, 2.75) is 31.4 Å². The summed E-state index contributed by atoms with van der Waals surface area (Å²) in [6.07, 6.45) is 3.92. The molecule has 1 aromatic carbocycles. The fourth-order valence-electron chi connectivity index (χ4n) is 5.02. The van der Waals surface area contributed by atoms with Gasteiger partial charge in [-0.05, 0) is 36.8 Å². The van der Waals surface area contributed by atoms with Gasteiger partial charge in [0.15, 0.2) is 0 Å². The average Bonchev–Trinajstić information content (AvgIpc) is 3.21. The molecular formula is C20H29N3O2. The zero-order valence-electron chi connectivity index (χ0n) is 15.1. The van der Waals surface area contributed by atoms with Crippen molar-refractivity contribution in [2.24, 2.45) is 11.8 Å². The SMILES string of the molecule is COC(CNC(=O)N1CC2CN3CCCCC3C2C1)c1ccccc1. The van der Waals surface area contributed by atoms with Crippen LogP contribution in [0.3, 0.4) is 0 Å². The number of rotatable bonds is 4. The average molecular weight is 343 g/mol. The Morgan fingerprint density at radius 2 is 2.08 bits per heavy atom. The van der Waals surface area contributed by atoms with Gasteiger partial charge in [0.05, 0.1) is 6.10 Å². The van der Waals surface area contributed by atoms with E-state index >= 15 is 0 Å². The van der Waals surface area contributed by atoms with E-state index in [2.05, 4.69) is 10.2 Å². The molecule has 25 heavy (non-hydrogen) atoms. The Morgan fingerprint density at radius 3 is 2.88 bits per heavy atom. The summed E-state index contributed by atoms with van der Waals surface area (Å²) >= 11 is 0. The molecule has 3 saturated heterocycles. The van der Waals surface area contributed by atoms with Gasteiger partial charge in [-0.15, -0.1) is 0 Å². The monoisotopic (exact) mass is 343 g/mol. The number of urea groups is 1. The van der Waals surface area contributed by atoms with E-state index in [-0.39, 0.29) is 12.1 Å². The third-order valence-electron chi connectivity index (χ3n) is 6.30. The zero-order chi connectivity index (χ0) is 17.2. The van der Waals surface area contributed by atoms with Crippen LogP contribution in [0.2, 0.25) is 0 Å². The summed E-state index contributed by atoms with van der Waals surface area (Å²) in [5, 5.41) is 3.08. The number of methoxy groups -OCH3 is 1. The Bertz CT molecular complexity index is 594. The number of nitrogens with zero attached hydrogens (tertiary/aromatic N) is 2. The number of nitrogens with one attached hydrogen (secondary N) is 1. The van der Waals surface area contributed by atoms with Gasteiger partial charge in [0.25, 0.3) is 0 Å². The number of likely N-dealkylation sites (tertiary alicyclic amines) is 1. The van der Waals surface area contributed by atoms with Gasteiger partial charge < -0.3 is 15.0 Å². The fourth-order valence-corrected chi connectivity index (χ4v) is 5.02. The Kier molecular flexibility index (Phi) is 4.95. The Labute approximate surface area is 150 Å².